The predicted molar refractivity (Wildman–Crippen MR) is 51.1 cm³/mol. The van der Waals surface area contributed by atoms with Crippen LogP contribution in [-0.2, 0) is 4.79 Å². The topological polar surface area (TPSA) is 105 Å². The molecule has 0 bridgehead atoms. The van der Waals surface area contributed by atoms with Crippen LogP contribution in [0, 0.1) is 0 Å². The summed E-state index contributed by atoms with van der Waals surface area (Å²) in [6, 6.07) is -0.939. The van der Waals surface area contributed by atoms with Gasteiger partial charge in [-0.25, -0.2) is 4.98 Å². The molecule has 0 aliphatic rings. The van der Waals surface area contributed by atoms with Crippen LogP contribution >= 0.6 is 11.3 Å². The molecule has 4 N–H and O–H groups in total. The van der Waals surface area contributed by atoms with Crippen molar-refractivity contribution in [1.82, 2.24) is 10.3 Å². The van der Waals surface area contributed by atoms with E-state index < -0.39 is 17.9 Å². The quantitative estimate of drug-likeness (QED) is 0.654. The monoisotopic (exact) mass is 215 g/mol. The summed E-state index contributed by atoms with van der Waals surface area (Å²) < 4.78 is 0. The number of hydrogen-bond acceptors (Lipinski definition) is 5. The maximum atomic E-state index is 11.3. The highest BCUT2D eigenvalue weighted by atomic mass is 32.1. The average Bonchev–Trinajstić information content (AvgIpc) is 2.51. The van der Waals surface area contributed by atoms with Crippen molar-refractivity contribution >= 4 is 28.3 Å². The fourth-order valence-electron chi connectivity index (χ4n) is 0.724. The minimum Gasteiger partial charge on any atom is -0.480 e. The van der Waals surface area contributed by atoms with Crippen molar-refractivity contribution in [3.05, 3.63) is 11.1 Å². The number of nitrogens with one attached hydrogen (secondary N) is 1. The Bertz CT molecular complexity index is 363. The Balaban J connectivity index is 2.63. The van der Waals surface area contributed by atoms with Gasteiger partial charge in [0.05, 0.1) is 0 Å². The lowest BCUT2D eigenvalue weighted by molar-refractivity contribution is -0.138. The van der Waals surface area contributed by atoms with Gasteiger partial charge in [-0.1, -0.05) is 0 Å². The lowest BCUT2D eigenvalue weighted by atomic mass is 10.3. The molecule has 1 rings (SSSR count). The number of carbonyl (C=O) groups excluding carboxylic acids is 1. The zero-order chi connectivity index (χ0) is 10.7. The van der Waals surface area contributed by atoms with Crippen molar-refractivity contribution in [2.24, 2.45) is 0 Å². The molecule has 14 heavy (non-hydrogen) atoms. The molecule has 1 heterocycles. The summed E-state index contributed by atoms with van der Waals surface area (Å²) in [5.41, 5.74) is 5.46. The van der Waals surface area contributed by atoms with Crippen LogP contribution < -0.4 is 11.1 Å². The Morgan fingerprint density at radius 1 is 1.71 bits per heavy atom. The van der Waals surface area contributed by atoms with Crippen LogP contribution in [0.25, 0.3) is 0 Å². The number of anilines is 1. The molecule has 0 saturated heterocycles. The highest BCUT2D eigenvalue weighted by Crippen LogP contribution is 2.10. The Kier molecular flexibility index (Phi) is 3.03. The minimum atomic E-state index is -1.10. The summed E-state index contributed by atoms with van der Waals surface area (Å²) in [5.74, 6) is -1.63. The molecule has 0 radical (unpaired) electrons. The number of aromatic nitrogens is 1. The van der Waals surface area contributed by atoms with E-state index in [2.05, 4.69) is 10.3 Å². The Morgan fingerprint density at radius 2 is 2.36 bits per heavy atom. The number of carbonyl (C=O) groups is 2. The van der Waals surface area contributed by atoms with E-state index in [-0.39, 0.29) is 10.8 Å². The molecular weight excluding hydrogens is 206 g/mol. The number of thiazole rings is 1. The van der Waals surface area contributed by atoms with Crippen molar-refractivity contribution in [2.75, 3.05) is 5.73 Å². The maximum absolute atomic E-state index is 11.3. The Hall–Kier alpha value is -1.63. The van der Waals surface area contributed by atoms with Gasteiger partial charge < -0.3 is 16.2 Å². The standard InChI is InChI=1S/C7H9N3O3S/c1-3(6(12)13)9-5(11)4-2-14-7(8)10-4/h2-3H,1H3,(H2,8,10)(H,9,11)(H,12,13)/t3-/m0/s1. The van der Waals surface area contributed by atoms with Gasteiger partial charge in [0.15, 0.2) is 5.13 Å². The summed E-state index contributed by atoms with van der Waals surface area (Å²) in [5, 5.41) is 12.5. The normalized spacial score (nSPS) is 12.1. The van der Waals surface area contributed by atoms with Gasteiger partial charge in [0.1, 0.15) is 11.7 Å². The maximum Gasteiger partial charge on any atom is 0.325 e. The molecule has 76 valence electrons. The van der Waals surface area contributed by atoms with Crippen molar-refractivity contribution in [1.29, 1.82) is 0 Å². The number of nitrogen functional groups attached to an aromatic ring is 1. The molecule has 0 aromatic carbocycles. The van der Waals surface area contributed by atoms with E-state index in [4.69, 9.17) is 10.8 Å². The fraction of sp³-hybridized carbons (Fsp3) is 0.286. The first-order valence-corrected chi connectivity index (χ1v) is 4.63. The van der Waals surface area contributed by atoms with Gasteiger partial charge in [-0.2, -0.15) is 0 Å². The number of amides is 1. The van der Waals surface area contributed by atoms with E-state index >= 15 is 0 Å². The lowest BCUT2D eigenvalue weighted by Crippen LogP contribution is -2.38. The van der Waals surface area contributed by atoms with Gasteiger partial charge in [0.25, 0.3) is 5.91 Å². The van der Waals surface area contributed by atoms with Crippen LogP contribution in [0.2, 0.25) is 0 Å². The number of aliphatic carboxylic acids is 1. The second kappa shape index (κ2) is 4.05. The molecule has 1 atom stereocenters. The van der Waals surface area contributed by atoms with Gasteiger partial charge in [-0.15, -0.1) is 11.3 Å². The Labute approximate surface area is 83.8 Å². The second-order valence-corrected chi connectivity index (χ2v) is 3.49. The minimum absolute atomic E-state index is 0.139. The SMILES string of the molecule is C[C@H](NC(=O)c1csc(N)n1)C(=O)O. The number of nitrogens with zero attached hydrogens (tertiary/aromatic N) is 1. The van der Waals surface area contributed by atoms with E-state index in [0.717, 1.165) is 11.3 Å². The van der Waals surface area contributed by atoms with E-state index in [9.17, 15) is 9.59 Å². The van der Waals surface area contributed by atoms with E-state index in [0.29, 0.717) is 0 Å². The van der Waals surface area contributed by atoms with Crippen molar-refractivity contribution in [3.8, 4) is 0 Å². The molecule has 0 aliphatic carbocycles. The largest absolute Gasteiger partial charge is 0.480 e. The highest BCUT2D eigenvalue weighted by molar-refractivity contribution is 7.13. The van der Waals surface area contributed by atoms with Crippen LogP contribution in [0.1, 0.15) is 17.4 Å². The lowest BCUT2D eigenvalue weighted by Gasteiger charge is -2.06. The third-order valence-electron chi connectivity index (χ3n) is 1.47. The van der Waals surface area contributed by atoms with Crippen LogP contribution in [0.15, 0.2) is 5.38 Å². The summed E-state index contributed by atoms with van der Waals surface area (Å²) in [6.07, 6.45) is 0. The van der Waals surface area contributed by atoms with Crippen LogP contribution in [-0.4, -0.2) is 28.0 Å². The fourth-order valence-corrected chi connectivity index (χ4v) is 1.27. The van der Waals surface area contributed by atoms with Gasteiger partial charge in [-0.05, 0) is 6.92 Å². The predicted octanol–water partition coefficient (Wildman–Crippen LogP) is -0.0718. The number of carboxylic acids is 1. The van der Waals surface area contributed by atoms with Crippen molar-refractivity contribution < 1.29 is 14.7 Å². The number of nitrogens with two attached hydrogens (primary N) is 1. The Morgan fingerprint density at radius 3 is 2.79 bits per heavy atom. The van der Waals surface area contributed by atoms with Crippen molar-refractivity contribution in [2.45, 2.75) is 13.0 Å². The van der Waals surface area contributed by atoms with Gasteiger partial charge in [-0.3, -0.25) is 9.59 Å². The summed E-state index contributed by atoms with van der Waals surface area (Å²) in [4.78, 5) is 25.4. The third-order valence-corrected chi connectivity index (χ3v) is 2.15. The number of hydrogen-bond donors (Lipinski definition) is 3. The first kappa shape index (κ1) is 10.5. The zero-order valence-electron chi connectivity index (χ0n) is 7.35. The summed E-state index contributed by atoms with van der Waals surface area (Å²) in [7, 11) is 0. The van der Waals surface area contributed by atoms with Gasteiger partial charge in [0, 0.05) is 5.38 Å². The molecule has 0 unspecified atom stereocenters. The smallest absolute Gasteiger partial charge is 0.325 e. The van der Waals surface area contributed by atoms with Crippen LogP contribution in [0.3, 0.4) is 0 Å². The molecule has 0 aliphatic heterocycles. The number of rotatable bonds is 3. The molecule has 0 saturated carbocycles. The molecule has 6 nitrogen and oxygen atoms in total. The second-order valence-electron chi connectivity index (χ2n) is 2.60. The zero-order valence-corrected chi connectivity index (χ0v) is 8.17. The van der Waals surface area contributed by atoms with Crippen molar-refractivity contribution in [3.63, 3.8) is 0 Å². The average molecular weight is 215 g/mol. The molecule has 7 heteroatoms. The van der Waals surface area contributed by atoms with Gasteiger partial charge >= 0.3 is 5.97 Å². The van der Waals surface area contributed by atoms with Crippen LogP contribution in [0.5, 0.6) is 0 Å². The highest BCUT2D eigenvalue weighted by Gasteiger charge is 2.16. The molecular formula is C7H9N3O3S. The molecule has 1 aromatic rings. The van der Waals surface area contributed by atoms with Gasteiger partial charge in [0.2, 0.25) is 0 Å². The molecule has 1 amide bonds. The van der Waals surface area contributed by atoms with Crippen LogP contribution in [0.4, 0.5) is 5.13 Å². The molecule has 0 fully saturated rings. The molecule has 0 spiro atoms. The summed E-state index contributed by atoms with van der Waals surface area (Å²) >= 11 is 1.13. The first-order valence-electron chi connectivity index (χ1n) is 3.75. The summed E-state index contributed by atoms with van der Waals surface area (Å²) in [6.45, 7) is 1.37. The van der Waals surface area contributed by atoms with E-state index in [1.165, 1.54) is 12.3 Å². The first-order chi connectivity index (χ1) is 6.50. The third kappa shape index (κ3) is 2.43. The van der Waals surface area contributed by atoms with E-state index in [1.807, 2.05) is 0 Å². The number of carboxylic acid groups (broad SMARTS) is 1. The molecule has 1 aromatic heterocycles. The van der Waals surface area contributed by atoms with E-state index in [1.54, 1.807) is 0 Å².